The van der Waals surface area contributed by atoms with Crippen LogP contribution in [0.3, 0.4) is 0 Å². The molecule has 2 aromatic carbocycles. The molecule has 0 unspecified atom stereocenters. The predicted octanol–water partition coefficient (Wildman–Crippen LogP) is 5.61. The number of esters is 1. The molecule has 1 aromatic heterocycles. The van der Waals surface area contributed by atoms with E-state index in [1.807, 2.05) is 30.3 Å². The van der Waals surface area contributed by atoms with E-state index in [4.69, 9.17) is 14.2 Å². The van der Waals surface area contributed by atoms with Crippen LogP contribution in [0.1, 0.15) is 40.6 Å². The second-order valence-electron chi connectivity index (χ2n) is 7.36. The van der Waals surface area contributed by atoms with Gasteiger partial charge in [-0.15, -0.1) is 11.3 Å². The van der Waals surface area contributed by atoms with Gasteiger partial charge < -0.3 is 19.5 Å². The number of para-hydroxylation sites is 1. The van der Waals surface area contributed by atoms with E-state index in [-0.39, 0.29) is 18.5 Å². The van der Waals surface area contributed by atoms with Crippen molar-refractivity contribution in [2.24, 2.45) is 0 Å². The smallest absolute Gasteiger partial charge is 0.341 e. The van der Waals surface area contributed by atoms with Gasteiger partial charge in [0.05, 0.1) is 12.2 Å². The lowest BCUT2D eigenvalue weighted by atomic mass is 9.95. The van der Waals surface area contributed by atoms with Crippen LogP contribution in [0.25, 0.3) is 0 Å². The molecule has 0 atom stereocenters. The van der Waals surface area contributed by atoms with Gasteiger partial charge in [0.1, 0.15) is 22.2 Å². The summed E-state index contributed by atoms with van der Waals surface area (Å²) >= 11 is 1.46. The molecule has 4 rings (SSSR count). The quantitative estimate of drug-likeness (QED) is 0.451. The first-order valence-corrected chi connectivity index (χ1v) is 11.5. The number of ether oxygens (including phenoxy) is 3. The fraction of sp³-hybridized carbons (Fsp3) is 0.280. The van der Waals surface area contributed by atoms with Gasteiger partial charge in [0, 0.05) is 4.88 Å². The number of amides is 1. The first-order chi connectivity index (χ1) is 15.6. The minimum absolute atomic E-state index is 0.163. The first kappa shape index (κ1) is 21.9. The molecule has 7 heteroatoms. The van der Waals surface area contributed by atoms with Crippen molar-refractivity contribution in [1.29, 1.82) is 0 Å². The summed E-state index contributed by atoms with van der Waals surface area (Å²) in [5.41, 5.74) is 1.52. The number of anilines is 1. The second kappa shape index (κ2) is 10.3. The van der Waals surface area contributed by atoms with E-state index >= 15 is 0 Å². The van der Waals surface area contributed by atoms with Gasteiger partial charge >= 0.3 is 5.97 Å². The average Bonchev–Trinajstić information content (AvgIpc) is 3.17. The monoisotopic (exact) mass is 451 g/mol. The Morgan fingerprint density at radius 1 is 0.938 bits per heavy atom. The summed E-state index contributed by atoms with van der Waals surface area (Å²) in [7, 11) is 0. The highest BCUT2D eigenvalue weighted by Gasteiger charge is 2.27. The molecule has 0 saturated carbocycles. The highest BCUT2D eigenvalue weighted by molar-refractivity contribution is 7.17. The van der Waals surface area contributed by atoms with Gasteiger partial charge in [-0.25, -0.2) is 4.79 Å². The number of thiophene rings is 1. The minimum atomic E-state index is -0.378. The van der Waals surface area contributed by atoms with Gasteiger partial charge in [-0.1, -0.05) is 18.2 Å². The van der Waals surface area contributed by atoms with Gasteiger partial charge in [0.2, 0.25) is 0 Å². The average molecular weight is 452 g/mol. The standard InChI is InChI=1S/C25H25NO5S/c1-2-29-25(28)23-20-10-6-7-11-21(20)32-24(23)26-22(27)16-30-17-12-14-19(15-13-17)31-18-8-4-3-5-9-18/h3-5,8-9,12-15H,2,6-7,10-11,16H2,1H3,(H,26,27). The highest BCUT2D eigenvalue weighted by atomic mass is 32.1. The van der Waals surface area contributed by atoms with E-state index < -0.39 is 0 Å². The van der Waals surface area contributed by atoms with Crippen molar-refractivity contribution in [2.45, 2.75) is 32.6 Å². The van der Waals surface area contributed by atoms with Crippen LogP contribution in [0.15, 0.2) is 54.6 Å². The molecule has 0 fully saturated rings. The molecule has 1 amide bonds. The first-order valence-electron chi connectivity index (χ1n) is 10.7. The third kappa shape index (κ3) is 5.29. The Morgan fingerprint density at radius 2 is 1.62 bits per heavy atom. The van der Waals surface area contributed by atoms with Crippen LogP contribution in [-0.4, -0.2) is 25.1 Å². The fourth-order valence-corrected chi connectivity index (χ4v) is 4.91. The molecule has 6 nitrogen and oxygen atoms in total. The van der Waals surface area contributed by atoms with Crippen molar-refractivity contribution in [3.63, 3.8) is 0 Å². The van der Waals surface area contributed by atoms with E-state index in [2.05, 4.69) is 5.32 Å². The zero-order chi connectivity index (χ0) is 22.3. The third-order valence-electron chi connectivity index (χ3n) is 5.08. The lowest BCUT2D eigenvalue weighted by Gasteiger charge is -2.12. The van der Waals surface area contributed by atoms with Crippen LogP contribution in [0, 0.1) is 0 Å². The number of rotatable bonds is 8. The van der Waals surface area contributed by atoms with Crippen molar-refractivity contribution < 1.29 is 23.8 Å². The zero-order valence-corrected chi connectivity index (χ0v) is 18.7. The van der Waals surface area contributed by atoms with E-state index in [9.17, 15) is 9.59 Å². The summed E-state index contributed by atoms with van der Waals surface area (Å²) in [6.07, 6.45) is 3.90. The van der Waals surface area contributed by atoms with E-state index in [0.717, 1.165) is 41.9 Å². The normalized spacial score (nSPS) is 12.5. The van der Waals surface area contributed by atoms with Crippen LogP contribution in [0.4, 0.5) is 5.00 Å². The molecule has 0 saturated heterocycles. The molecule has 3 aromatic rings. The van der Waals surface area contributed by atoms with Gasteiger partial charge in [0.25, 0.3) is 5.91 Å². The van der Waals surface area contributed by atoms with Crippen LogP contribution >= 0.6 is 11.3 Å². The molecule has 0 bridgehead atoms. The zero-order valence-electron chi connectivity index (χ0n) is 17.9. The largest absolute Gasteiger partial charge is 0.484 e. The van der Waals surface area contributed by atoms with Crippen molar-refractivity contribution in [2.75, 3.05) is 18.5 Å². The Labute approximate surface area is 191 Å². The molecule has 1 heterocycles. The maximum atomic E-state index is 12.5. The Morgan fingerprint density at radius 3 is 2.38 bits per heavy atom. The number of hydrogen-bond donors (Lipinski definition) is 1. The van der Waals surface area contributed by atoms with Gasteiger partial charge in [-0.3, -0.25) is 4.79 Å². The fourth-order valence-electron chi connectivity index (χ4n) is 3.61. The molecule has 32 heavy (non-hydrogen) atoms. The molecule has 1 aliphatic carbocycles. The van der Waals surface area contributed by atoms with Gasteiger partial charge in [0.15, 0.2) is 6.61 Å². The number of carbonyl (C=O) groups is 2. The third-order valence-corrected chi connectivity index (χ3v) is 6.28. The van der Waals surface area contributed by atoms with E-state index in [0.29, 0.717) is 28.7 Å². The molecule has 0 spiro atoms. The molecule has 0 radical (unpaired) electrons. The summed E-state index contributed by atoms with van der Waals surface area (Å²) in [6, 6.07) is 16.6. The summed E-state index contributed by atoms with van der Waals surface area (Å²) in [4.78, 5) is 26.2. The number of carbonyl (C=O) groups excluding carboxylic acids is 2. The maximum Gasteiger partial charge on any atom is 0.341 e. The van der Waals surface area contributed by atoms with Gasteiger partial charge in [-0.2, -0.15) is 0 Å². The number of nitrogens with one attached hydrogen (secondary N) is 1. The summed E-state index contributed by atoms with van der Waals surface area (Å²) < 4.78 is 16.6. The SMILES string of the molecule is CCOC(=O)c1c(NC(=O)COc2ccc(Oc3ccccc3)cc2)sc2c1CCCC2. The van der Waals surface area contributed by atoms with E-state index in [1.54, 1.807) is 31.2 Å². The molecular weight excluding hydrogens is 426 g/mol. The number of fused-ring (bicyclic) bond motifs is 1. The van der Waals surface area contributed by atoms with Crippen molar-refractivity contribution >= 4 is 28.2 Å². The number of benzene rings is 2. The van der Waals surface area contributed by atoms with Crippen molar-refractivity contribution in [3.05, 3.63) is 70.6 Å². The molecule has 166 valence electrons. The molecule has 1 N–H and O–H groups in total. The number of aryl methyl sites for hydroxylation is 1. The Hall–Kier alpha value is -3.32. The number of hydrogen-bond acceptors (Lipinski definition) is 6. The molecule has 0 aliphatic heterocycles. The van der Waals surface area contributed by atoms with Crippen molar-refractivity contribution in [1.82, 2.24) is 0 Å². The topological polar surface area (TPSA) is 73.9 Å². The summed E-state index contributed by atoms with van der Waals surface area (Å²) in [5, 5.41) is 3.40. The predicted molar refractivity (Wildman–Crippen MR) is 124 cm³/mol. The molecular formula is C25H25NO5S. The summed E-state index contributed by atoms with van der Waals surface area (Å²) in [6.45, 7) is 1.91. The second-order valence-corrected chi connectivity index (χ2v) is 8.46. The van der Waals surface area contributed by atoms with E-state index in [1.165, 1.54) is 11.3 Å². The molecule has 1 aliphatic rings. The summed E-state index contributed by atoms with van der Waals surface area (Å²) in [5.74, 6) is 1.28. The Bertz CT molecular complexity index is 1080. The van der Waals surface area contributed by atoms with Crippen molar-refractivity contribution in [3.8, 4) is 17.2 Å². The minimum Gasteiger partial charge on any atom is -0.484 e. The van der Waals surface area contributed by atoms with Gasteiger partial charge in [-0.05, 0) is 74.6 Å². The van der Waals surface area contributed by atoms with Crippen LogP contribution in [-0.2, 0) is 22.4 Å². The van der Waals surface area contributed by atoms with Crippen LogP contribution in [0.2, 0.25) is 0 Å². The van der Waals surface area contributed by atoms with Crippen LogP contribution in [0.5, 0.6) is 17.2 Å². The lowest BCUT2D eigenvalue weighted by Crippen LogP contribution is -2.21. The Balaban J connectivity index is 1.37. The maximum absolute atomic E-state index is 12.5. The Kier molecular flexibility index (Phi) is 7.07. The lowest BCUT2D eigenvalue weighted by molar-refractivity contribution is -0.118. The highest BCUT2D eigenvalue weighted by Crippen LogP contribution is 2.38. The van der Waals surface area contributed by atoms with Crippen LogP contribution < -0.4 is 14.8 Å².